The summed E-state index contributed by atoms with van der Waals surface area (Å²) in [5.41, 5.74) is 1.87. The molecule has 0 aliphatic carbocycles. The van der Waals surface area contributed by atoms with Gasteiger partial charge in [-0.3, -0.25) is 4.79 Å². The quantitative estimate of drug-likeness (QED) is 0.518. The molecule has 0 atom stereocenters. The molecule has 1 aliphatic heterocycles. The van der Waals surface area contributed by atoms with E-state index < -0.39 is 23.8 Å². The number of nitrogens with one attached hydrogen (secondary N) is 1. The molecule has 0 amide bonds. The summed E-state index contributed by atoms with van der Waals surface area (Å²) in [6.45, 7) is 3.01. The first-order valence-electron chi connectivity index (χ1n) is 9.49. The smallest absolute Gasteiger partial charge is 0.336 e. The zero-order valence-corrected chi connectivity index (χ0v) is 18.7. The largest absolute Gasteiger partial charge is 0.466 e. The van der Waals surface area contributed by atoms with Gasteiger partial charge < -0.3 is 19.5 Å². The maximum Gasteiger partial charge on any atom is 0.336 e. The molecule has 0 unspecified atom stereocenters. The van der Waals surface area contributed by atoms with E-state index >= 15 is 0 Å². The van der Waals surface area contributed by atoms with Crippen LogP contribution >= 0.6 is 11.3 Å². The maximum absolute atomic E-state index is 13.1. The number of benzene rings is 1. The van der Waals surface area contributed by atoms with Crippen LogP contribution < -0.4 is 5.32 Å². The predicted octanol–water partition coefficient (Wildman–Crippen LogP) is 3.11. The van der Waals surface area contributed by atoms with Crippen LogP contribution in [0.25, 0.3) is 10.6 Å². The highest BCUT2D eigenvalue weighted by Gasteiger charge is 2.42. The molecule has 32 heavy (non-hydrogen) atoms. The van der Waals surface area contributed by atoms with Crippen molar-refractivity contribution in [1.82, 2.24) is 10.3 Å². The van der Waals surface area contributed by atoms with Crippen molar-refractivity contribution in [1.29, 1.82) is 0 Å². The second-order valence-corrected chi connectivity index (χ2v) is 7.74. The number of carbonyl (C=O) groups excluding carboxylic acids is 3. The van der Waals surface area contributed by atoms with Crippen LogP contribution in [-0.2, 0) is 35.2 Å². The number of nitrogens with zero attached hydrogens (tertiary/aromatic N) is 1. The van der Waals surface area contributed by atoms with Gasteiger partial charge in [0.05, 0.1) is 31.1 Å². The normalized spacial score (nSPS) is 14.2. The fourth-order valence-corrected chi connectivity index (χ4v) is 4.13. The maximum atomic E-state index is 13.1. The lowest BCUT2D eigenvalue weighted by molar-refractivity contribution is -0.152. The summed E-state index contributed by atoms with van der Waals surface area (Å²) >= 11 is 1.31. The van der Waals surface area contributed by atoms with Crippen LogP contribution in [0.3, 0.4) is 0 Å². The monoisotopic (exact) mass is 460 g/mol. The number of carbonyl (C=O) groups is 3. The average Bonchev–Trinajstić information content (AvgIpc) is 3.25. The molecule has 1 aromatic heterocycles. The third-order valence-electron chi connectivity index (χ3n) is 4.81. The van der Waals surface area contributed by atoms with Gasteiger partial charge >= 0.3 is 17.9 Å². The van der Waals surface area contributed by atoms with Gasteiger partial charge in [-0.25, -0.2) is 19.0 Å². The van der Waals surface area contributed by atoms with E-state index in [0.29, 0.717) is 22.1 Å². The number of esters is 3. The molecule has 1 aromatic carbocycles. The van der Waals surface area contributed by atoms with Crippen molar-refractivity contribution < 1.29 is 33.0 Å². The highest BCUT2D eigenvalue weighted by atomic mass is 32.1. The first-order chi connectivity index (χ1) is 15.3. The molecule has 10 heteroatoms. The Morgan fingerprint density at radius 1 is 1.03 bits per heavy atom. The fraction of sp³-hybridized carbons (Fsp3) is 0.273. The van der Waals surface area contributed by atoms with E-state index in [1.165, 1.54) is 37.7 Å². The first-order valence-corrected chi connectivity index (χ1v) is 10.4. The van der Waals surface area contributed by atoms with Crippen molar-refractivity contribution in [3.8, 4) is 10.6 Å². The van der Waals surface area contributed by atoms with E-state index in [-0.39, 0.29) is 23.6 Å². The molecule has 1 aliphatic rings. The topological polar surface area (TPSA) is 104 Å². The number of rotatable bonds is 6. The van der Waals surface area contributed by atoms with Gasteiger partial charge in [-0.1, -0.05) is 0 Å². The molecule has 0 saturated carbocycles. The third kappa shape index (κ3) is 4.70. The molecule has 168 valence electrons. The summed E-state index contributed by atoms with van der Waals surface area (Å²) in [4.78, 5) is 42.2. The molecule has 2 heterocycles. The van der Waals surface area contributed by atoms with E-state index in [2.05, 4.69) is 10.3 Å². The summed E-state index contributed by atoms with van der Waals surface area (Å²) in [5, 5.41) is 5.25. The summed E-state index contributed by atoms with van der Waals surface area (Å²) < 4.78 is 28.1. The Balaban J connectivity index is 1.83. The number of aromatic nitrogens is 1. The van der Waals surface area contributed by atoms with E-state index in [1.54, 1.807) is 31.4 Å². The van der Waals surface area contributed by atoms with Gasteiger partial charge in [-0.05, 0) is 38.1 Å². The van der Waals surface area contributed by atoms with Crippen molar-refractivity contribution in [2.75, 3.05) is 14.2 Å². The molecule has 0 radical (unpaired) electrons. The van der Waals surface area contributed by atoms with Gasteiger partial charge in [0.1, 0.15) is 23.3 Å². The van der Waals surface area contributed by atoms with Gasteiger partial charge in [0.2, 0.25) is 0 Å². The summed E-state index contributed by atoms with van der Waals surface area (Å²) in [6.07, 6.45) is 0. The molecule has 1 N–H and O–H groups in total. The minimum Gasteiger partial charge on any atom is -0.466 e. The first kappa shape index (κ1) is 23.1. The Kier molecular flexibility index (Phi) is 7.04. The van der Waals surface area contributed by atoms with Crippen molar-refractivity contribution in [2.24, 2.45) is 5.92 Å². The summed E-state index contributed by atoms with van der Waals surface area (Å²) in [5.74, 6) is -4.01. The molecule has 0 bridgehead atoms. The number of thiazole rings is 1. The number of hydrogen-bond acceptors (Lipinski definition) is 9. The van der Waals surface area contributed by atoms with Gasteiger partial charge in [0.25, 0.3) is 0 Å². The minimum absolute atomic E-state index is 0.0335. The lowest BCUT2D eigenvalue weighted by Crippen LogP contribution is -2.37. The number of halogens is 1. The zero-order chi connectivity index (χ0) is 23.4. The molecule has 0 spiro atoms. The second kappa shape index (κ2) is 9.73. The lowest BCUT2D eigenvalue weighted by atomic mass is 9.85. The molecule has 8 nitrogen and oxygen atoms in total. The van der Waals surface area contributed by atoms with Gasteiger partial charge in [0.15, 0.2) is 0 Å². The van der Waals surface area contributed by atoms with Crippen LogP contribution in [0.2, 0.25) is 0 Å². The lowest BCUT2D eigenvalue weighted by Gasteiger charge is -2.28. The number of ether oxygens (including phenoxy) is 3. The molecule has 3 rings (SSSR count). The van der Waals surface area contributed by atoms with Gasteiger partial charge in [-0.2, -0.15) is 0 Å². The second-order valence-electron chi connectivity index (χ2n) is 6.88. The van der Waals surface area contributed by atoms with Crippen molar-refractivity contribution in [3.63, 3.8) is 0 Å². The van der Waals surface area contributed by atoms with E-state index in [0.717, 1.165) is 5.56 Å². The number of hydrogen-bond donors (Lipinski definition) is 1. The van der Waals surface area contributed by atoms with Crippen LogP contribution in [0.1, 0.15) is 19.5 Å². The highest BCUT2D eigenvalue weighted by molar-refractivity contribution is 7.13. The Labute approximate surface area is 187 Å². The number of methoxy groups -OCH3 is 2. The van der Waals surface area contributed by atoms with Crippen molar-refractivity contribution in [3.05, 3.63) is 63.7 Å². The van der Waals surface area contributed by atoms with Crippen LogP contribution in [0, 0.1) is 11.7 Å². The van der Waals surface area contributed by atoms with Crippen LogP contribution in [-0.4, -0.2) is 37.1 Å². The summed E-state index contributed by atoms with van der Waals surface area (Å²) in [7, 11) is 2.36. The highest BCUT2D eigenvalue weighted by Crippen LogP contribution is 2.33. The predicted molar refractivity (Wildman–Crippen MR) is 113 cm³/mol. The van der Waals surface area contributed by atoms with Crippen molar-refractivity contribution in [2.45, 2.75) is 20.5 Å². The Morgan fingerprint density at radius 3 is 2.12 bits per heavy atom. The Bertz CT molecular complexity index is 1080. The van der Waals surface area contributed by atoms with Gasteiger partial charge in [0, 0.05) is 22.3 Å². The Morgan fingerprint density at radius 2 is 1.59 bits per heavy atom. The minimum atomic E-state index is -1.31. The molecule has 2 aromatic rings. The number of allylic oxidation sites excluding steroid dienone is 2. The van der Waals surface area contributed by atoms with E-state index in [9.17, 15) is 18.8 Å². The number of dihydropyridines is 1. The van der Waals surface area contributed by atoms with Gasteiger partial charge in [-0.15, -0.1) is 11.3 Å². The van der Waals surface area contributed by atoms with Crippen molar-refractivity contribution >= 4 is 29.2 Å². The van der Waals surface area contributed by atoms with Crippen LogP contribution in [0.4, 0.5) is 4.39 Å². The SMILES string of the molecule is COC(=O)C1=C(C)NC(C)=C(C(=O)OC)C1C(=O)OCc1csc(-c2ccc(F)cc2)n1. The molecular formula is C22H21FN2O6S. The van der Waals surface area contributed by atoms with Crippen LogP contribution in [0.15, 0.2) is 52.2 Å². The third-order valence-corrected chi connectivity index (χ3v) is 5.75. The van der Waals surface area contributed by atoms with Crippen LogP contribution in [0.5, 0.6) is 0 Å². The summed E-state index contributed by atoms with van der Waals surface area (Å²) in [6, 6.07) is 5.87. The Hall–Kier alpha value is -3.53. The van der Waals surface area contributed by atoms with E-state index in [1.807, 2.05) is 0 Å². The standard InChI is InChI=1S/C22H21FN2O6S/c1-11-16(20(26)29-3)18(17(12(2)24-11)21(27)30-4)22(28)31-9-15-10-32-19(25-15)13-5-7-14(23)8-6-13/h5-8,10,18,24H,9H2,1-4H3. The average molecular weight is 460 g/mol. The molecular weight excluding hydrogens is 439 g/mol. The van der Waals surface area contributed by atoms with E-state index in [4.69, 9.17) is 14.2 Å². The molecule has 0 fully saturated rings. The molecule has 0 saturated heterocycles. The zero-order valence-electron chi connectivity index (χ0n) is 17.9. The fourth-order valence-electron chi connectivity index (χ4n) is 3.32.